The average molecular weight is 209 g/mol. The van der Waals surface area contributed by atoms with Crippen LogP contribution < -0.4 is 5.32 Å². The molecule has 2 N–H and O–H groups in total. The van der Waals surface area contributed by atoms with Crippen molar-refractivity contribution in [3.8, 4) is 0 Å². The SMILES string of the molecule is Cc1cnc(C)c(N[C@H](CO)C(C)C)n1. The first-order valence-corrected chi connectivity index (χ1v) is 5.22. The van der Waals surface area contributed by atoms with Crippen molar-refractivity contribution in [1.29, 1.82) is 0 Å². The van der Waals surface area contributed by atoms with E-state index >= 15 is 0 Å². The second-order valence-corrected chi connectivity index (χ2v) is 4.12. The number of aliphatic hydroxyl groups is 1. The number of aliphatic hydroxyl groups excluding tert-OH is 1. The summed E-state index contributed by atoms with van der Waals surface area (Å²) in [6.45, 7) is 8.04. The molecular weight excluding hydrogens is 190 g/mol. The summed E-state index contributed by atoms with van der Waals surface area (Å²) in [5.74, 6) is 1.12. The van der Waals surface area contributed by atoms with Crippen molar-refractivity contribution < 1.29 is 5.11 Å². The number of nitrogens with zero attached hydrogens (tertiary/aromatic N) is 2. The Labute approximate surface area is 90.8 Å². The number of hydrogen-bond donors (Lipinski definition) is 2. The lowest BCUT2D eigenvalue weighted by Crippen LogP contribution is -2.30. The van der Waals surface area contributed by atoms with Gasteiger partial charge in [0.15, 0.2) is 0 Å². The smallest absolute Gasteiger partial charge is 0.148 e. The normalized spacial score (nSPS) is 12.9. The minimum absolute atomic E-state index is 0.0276. The molecule has 1 rings (SSSR count). The molecule has 1 heterocycles. The highest BCUT2D eigenvalue weighted by atomic mass is 16.3. The van der Waals surface area contributed by atoms with Crippen LogP contribution in [0.1, 0.15) is 25.2 Å². The maximum Gasteiger partial charge on any atom is 0.148 e. The molecule has 0 aliphatic rings. The summed E-state index contributed by atoms with van der Waals surface area (Å²) < 4.78 is 0. The summed E-state index contributed by atoms with van der Waals surface area (Å²) in [6, 6.07) is 0.0276. The average Bonchev–Trinajstić information content (AvgIpc) is 2.18. The van der Waals surface area contributed by atoms with Gasteiger partial charge in [0, 0.05) is 6.20 Å². The zero-order valence-electron chi connectivity index (χ0n) is 9.78. The topological polar surface area (TPSA) is 58.0 Å². The van der Waals surface area contributed by atoms with E-state index < -0.39 is 0 Å². The molecule has 0 radical (unpaired) electrons. The standard InChI is InChI=1S/C11H19N3O/c1-7(2)10(6-15)14-11-9(4)12-5-8(3)13-11/h5,7,10,15H,6H2,1-4H3,(H,13,14)/t10-/m1/s1. The largest absolute Gasteiger partial charge is 0.394 e. The van der Waals surface area contributed by atoms with Crippen molar-refractivity contribution in [3.63, 3.8) is 0 Å². The van der Waals surface area contributed by atoms with Crippen molar-refractivity contribution in [2.24, 2.45) is 5.92 Å². The molecule has 0 spiro atoms. The van der Waals surface area contributed by atoms with E-state index in [4.69, 9.17) is 0 Å². The first-order valence-electron chi connectivity index (χ1n) is 5.22. The number of aromatic nitrogens is 2. The summed E-state index contributed by atoms with van der Waals surface area (Å²) in [7, 11) is 0. The van der Waals surface area contributed by atoms with Gasteiger partial charge < -0.3 is 10.4 Å². The minimum Gasteiger partial charge on any atom is -0.394 e. The van der Waals surface area contributed by atoms with E-state index in [1.165, 1.54) is 0 Å². The highest BCUT2D eigenvalue weighted by molar-refractivity contribution is 5.40. The third-order valence-electron chi connectivity index (χ3n) is 2.40. The molecule has 1 aromatic rings. The molecule has 0 aliphatic carbocycles. The van der Waals surface area contributed by atoms with Crippen LogP contribution in [0.2, 0.25) is 0 Å². The Hall–Kier alpha value is -1.16. The predicted octanol–water partition coefficient (Wildman–Crippen LogP) is 1.52. The molecule has 84 valence electrons. The molecule has 0 bridgehead atoms. The second kappa shape index (κ2) is 5.07. The molecule has 0 aliphatic heterocycles. The summed E-state index contributed by atoms with van der Waals surface area (Å²) in [4.78, 5) is 8.58. The molecule has 0 aromatic carbocycles. The Morgan fingerprint density at radius 1 is 1.40 bits per heavy atom. The Morgan fingerprint density at radius 3 is 2.60 bits per heavy atom. The van der Waals surface area contributed by atoms with Gasteiger partial charge in [0.1, 0.15) is 5.82 Å². The zero-order valence-corrected chi connectivity index (χ0v) is 9.78. The lowest BCUT2D eigenvalue weighted by Gasteiger charge is -2.21. The third kappa shape index (κ3) is 3.16. The highest BCUT2D eigenvalue weighted by Crippen LogP contribution is 2.13. The quantitative estimate of drug-likeness (QED) is 0.789. The summed E-state index contributed by atoms with van der Waals surface area (Å²) in [5, 5.41) is 12.4. The van der Waals surface area contributed by atoms with Crippen LogP contribution in [-0.4, -0.2) is 27.7 Å². The van der Waals surface area contributed by atoms with Gasteiger partial charge in [-0.2, -0.15) is 0 Å². The van der Waals surface area contributed by atoms with Crippen molar-refractivity contribution in [3.05, 3.63) is 17.6 Å². The van der Waals surface area contributed by atoms with Gasteiger partial charge >= 0.3 is 0 Å². The van der Waals surface area contributed by atoms with Gasteiger partial charge in [-0.05, 0) is 19.8 Å². The van der Waals surface area contributed by atoms with Crippen LogP contribution in [0.5, 0.6) is 0 Å². The van der Waals surface area contributed by atoms with Gasteiger partial charge in [-0.1, -0.05) is 13.8 Å². The summed E-state index contributed by atoms with van der Waals surface area (Å²) in [5.41, 5.74) is 1.74. The number of anilines is 1. The van der Waals surface area contributed by atoms with Gasteiger partial charge in [0.2, 0.25) is 0 Å². The summed E-state index contributed by atoms with van der Waals surface area (Å²) >= 11 is 0. The molecule has 0 fully saturated rings. The van der Waals surface area contributed by atoms with Crippen LogP contribution in [-0.2, 0) is 0 Å². The Bertz CT molecular complexity index is 326. The predicted molar refractivity (Wildman–Crippen MR) is 60.8 cm³/mol. The summed E-state index contributed by atoms with van der Waals surface area (Å²) in [6.07, 6.45) is 1.74. The van der Waals surface area contributed by atoms with Crippen LogP contribution in [0, 0.1) is 19.8 Å². The van der Waals surface area contributed by atoms with Gasteiger partial charge in [-0.25, -0.2) is 4.98 Å². The minimum atomic E-state index is 0.0276. The fourth-order valence-electron chi connectivity index (χ4n) is 1.27. The van der Waals surface area contributed by atoms with Gasteiger partial charge in [0.05, 0.1) is 24.0 Å². The van der Waals surface area contributed by atoms with E-state index in [9.17, 15) is 5.11 Å². The van der Waals surface area contributed by atoms with Crippen LogP contribution in [0.25, 0.3) is 0 Å². The van der Waals surface area contributed by atoms with Crippen LogP contribution in [0.4, 0.5) is 5.82 Å². The maximum atomic E-state index is 9.21. The number of nitrogens with one attached hydrogen (secondary N) is 1. The van der Waals surface area contributed by atoms with Crippen molar-refractivity contribution in [1.82, 2.24) is 9.97 Å². The van der Waals surface area contributed by atoms with Gasteiger partial charge in [-0.15, -0.1) is 0 Å². The number of rotatable bonds is 4. The maximum absolute atomic E-state index is 9.21. The Balaban J connectivity index is 2.82. The first-order chi connectivity index (χ1) is 7.04. The number of aryl methyl sites for hydroxylation is 2. The van der Waals surface area contributed by atoms with Crippen LogP contribution in [0.15, 0.2) is 6.20 Å². The lowest BCUT2D eigenvalue weighted by molar-refractivity contribution is 0.249. The molecule has 0 saturated heterocycles. The zero-order chi connectivity index (χ0) is 11.4. The first kappa shape index (κ1) is 11.9. The highest BCUT2D eigenvalue weighted by Gasteiger charge is 2.13. The lowest BCUT2D eigenvalue weighted by atomic mass is 10.1. The second-order valence-electron chi connectivity index (χ2n) is 4.12. The fraction of sp³-hybridized carbons (Fsp3) is 0.636. The molecule has 0 unspecified atom stereocenters. The van der Waals surface area contributed by atoms with E-state index in [0.717, 1.165) is 17.2 Å². The van der Waals surface area contributed by atoms with Gasteiger partial charge in [-0.3, -0.25) is 4.98 Å². The number of hydrogen-bond acceptors (Lipinski definition) is 4. The van der Waals surface area contributed by atoms with Crippen molar-refractivity contribution in [2.75, 3.05) is 11.9 Å². The fourth-order valence-corrected chi connectivity index (χ4v) is 1.27. The van der Waals surface area contributed by atoms with E-state index in [1.807, 2.05) is 13.8 Å². The van der Waals surface area contributed by atoms with Crippen molar-refractivity contribution in [2.45, 2.75) is 33.7 Å². The van der Waals surface area contributed by atoms with Gasteiger partial charge in [0.25, 0.3) is 0 Å². The molecule has 1 aromatic heterocycles. The van der Waals surface area contributed by atoms with Crippen LogP contribution in [0.3, 0.4) is 0 Å². The third-order valence-corrected chi connectivity index (χ3v) is 2.40. The van der Waals surface area contributed by atoms with E-state index in [0.29, 0.717) is 5.92 Å². The monoisotopic (exact) mass is 209 g/mol. The Kier molecular flexibility index (Phi) is 4.03. The molecule has 4 heteroatoms. The van der Waals surface area contributed by atoms with E-state index in [2.05, 4.69) is 29.1 Å². The molecule has 0 amide bonds. The molecular formula is C11H19N3O. The van der Waals surface area contributed by atoms with Crippen molar-refractivity contribution >= 4 is 5.82 Å². The molecule has 1 atom stereocenters. The molecule has 15 heavy (non-hydrogen) atoms. The Morgan fingerprint density at radius 2 is 2.07 bits per heavy atom. The van der Waals surface area contributed by atoms with Crippen LogP contribution >= 0.6 is 0 Å². The molecule has 0 saturated carbocycles. The molecule has 4 nitrogen and oxygen atoms in total. The van der Waals surface area contributed by atoms with E-state index in [1.54, 1.807) is 6.20 Å². The van der Waals surface area contributed by atoms with E-state index in [-0.39, 0.29) is 12.6 Å².